The van der Waals surface area contributed by atoms with Crippen molar-refractivity contribution < 1.29 is 9.59 Å². The molecule has 1 rings (SSSR count). The number of rotatable bonds is 5. The van der Waals surface area contributed by atoms with Crippen molar-refractivity contribution in [2.75, 3.05) is 39.3 Å². The second-order valence-corrected chi connectivity index (χ2v) is 5.17. The quantitative estimate of drug-likeness (QED) is 0.743. The van der Waals surface area contributed by atoms with Crippen molar-refractivity contribution >= 4 is 11.8 Å². The Hall–Kier alpha value is -1.36. The molecular formula is C14H25N3O2. The Morgan fingerprint density at radius 2 is 1.79 bits per heavy atom. The summed E-state index contributed by atoms with van der Waals surface area (Å²) in [5.41, 5.74) is 1.02. The highest BCUT2D eigenvalue weighted by atomic mass is 16.2. The molecule has 0 spiro atoms. The monoisotopic (exact) mass is 267 g/mol. The summed E-state index contributed by atoms with van der Waals surface area (Å²) in [6.45, 7) is 9.98. The minimum absolute atomic E-state index is 0.0749. The van der Waals surface area contributed by atoms with Gasteiger partial charge in [0.1, 0.15) is 0 Å². The number of nitrogens with zero attached hydrogens (tertiary/aromatic N) is 2. The summed E-state index contributed by atoms with van der Waals surface area (Å²) in [6.07, 6.45) is 2.63. The molecule has 1 aliphatic rings. The van der Waals surface area contributed by atoms with Crippen LogP contribution in [0.2, 0.25) is 0 Å². The van der Waals surface area contributed by atoms with Gasteiger partial charge in [0.2, 0.25) is 11.8 Å². The van der Waals surface area contributed by atoms with Crippen molar-refractivity contribution in [2.24, 2.45) is 0 Å². The van der Waals surface area contributed by atoms with Crippen LogP contribution in [0.25, 0.3) is 0 Å². The molecule has 1 saturated heterocycles. The van der Waals surface area contributed by atoms with Gasteiger partial charge in [-0.15, -0.1) is 0 Å². The van der Waals surface area contributed by atoms with Gasteiger partial charge in [-0.2, -0.15) is 0 Å². The molecule has 0 atom stereocenters. The Kier molecular flexibility index (Phi) is 6.56. The summed E-state index contributed by atoms with van der Waals surface area (Å²) >= 11 is 0. The second kappa shape index (κ2) is 7.94. The molecule has 108 valence electrons. The van der Waals surface area contributed by atoms with Crippen molar-refractivity contribution in [3.05, 3.63) is 11.6 Å². The highest BCUT2D eigenvalue weighted by molar-refractivity contribution is 5.88. The van der Waals surface area contributed by atoms with E-state index in [-0.39, 0.29) is 11.8 Å². The van der Waals surface area contributed by atoms with Gasteiger partial charge >= 0.3 is 0 Å². The van der Waals surface area contributed by atoms with E-state index in [4.69, 9.17) is 0 Å². The lowest BCUT2D eigenvalue weighted by Gasteiger charge is -2.33. The molecule has 0 radical (unpaired) electrons. The molecule has 1 aliphatic heterocycles. The molecule has 1 heterocycles. The van der Waals surface area contributed by atoms with E-state index in [2.05, 4.69) is 10.2 Å². The molecule has 0 aromatic heterocycles. The molecule has 0 saturated carbocycles. The van der Waals surface area contributed by atoms with Crippen LogP contribution in [0.3, 0.4) is 0 Å². The van der Waals surface area contributed by atoms with Gasteiger partial charge in [0, 0.05) is 38.8 Å². The van der Waals surface area contributed by atoms with E-state index in [1.807, 2.05) is 25.7 Å². The molecule has 1 fully saturated rings. The molecule has 0 aromatic rings. The molecule has 19 heavy (non-hydrogen) atoms. The predicted octanol–water partition coefficient (Wildman–Crippen LogP) is 0.623. The topological polar surface area (TPSA) is 52.7 Å². The van der Waals surface area contributed by atoms with E-state index in [9.17, 15) is 9.59 Å². The van der Waals surface area contributed by atoms with Crippen LogP contribution >= 0.6 is 0 Å². The highest BCUT2D eigenvalue weighted by Crippen LogP contribution is 2.03. The zero-order valence-electron chi connectivity index (χ0n) is 12.2. The van der Waals surface area contributed by atoms with Gasteiger partial charge in [-0.05, 0) is 20.3 Å². The van der Waals surface area contributed by atoms with E-state index >= 15 is 0 Å². The molecule has 0 aliphatic carbocycles. The van der Waals surface area contributed by atoms with Crippen LogP contribution in [-0.4, -0.2) is 60.9 Å². The minimum Gasteiger partial charge on any atom is -0.355 e. The maximum Gasteiger partial charge on any atom is 0.246 e. The smallest absolute Gasteiger partial charge is 0.246 e. The first-order chi connectivity index (χ1) is 9.02. The number of allylic oxidation sites excluding steroid dienone is 1. The van der Waals surface area contributed by atoms with Gasteiger partial charge in [0.15, 0.2) is 0 Å². The van der Waals surface area contributed by atoms with Crippen LogP contribution < -0.4 is 5.32 Å². The van der Waals surface area contributed by atoms with Crippen molar-refractivity contribution in [3.8, 4) is 0 Å². The SMILES string of the molecule is CCCNC(=O)CN1CCN(C(=O)C=C(C)C)CC1. The zero-order valence-corrected chi connectivity index (χ0v) is 12.2. The molecule has 5 nitrogen and oxygen atoms in total. The normalized spacial score (nSPS) is 16.1. The van der Waals surface area contributed by atoms with Gasteiger partial charge in [-0.1, -0.05) is 12.5 Å². The number of nitrogens with one attached hydrogen (secondary N) is 1. The Labute approximate surface area is 115 Å². The lowest BCUT2D eigenvalue weighted by Crippen LogP contribution is -2.50. The summed E-state index contributed by atoms with van der Waals surface area (Å²) in [4.78, 5) is 27.4. The number of hydrogen-bond donors (Lipinski definition) is 1. The molecule has 0 aromatic carbocycles. The third-order valence-corrected chi connectivity index (χ3v) is 3.04. The van der Waals surface area contributed by atoms with E-state index in [1.54, 1.807) is 6.08 Å². The van der Waals surface area contributed by atoms with E-state index < -0.39 is 0 Å². The number of amides is 2. The van der Waals surface area contributed by atoms with E-state index in [1.165, 1.54) is 0 Å². The zero-order chi connectivity index (χ0) is 14.3. The van der Waals surface area contributed by atoms with Crippen LogP contribution in [0.15, 0.2) is 11.6 Å². The lowest BCUT2D eigenvalue weighted by molar-refractivity contribution is -0.128. The summed E-state index contributed by atoms with van der Waals surface area (Å²) in [6, 6.07) is 0. The number of piperazine rings is 1. The molecule has 0 unspecified atom stereocenters. The van der Waals surface area contributed by atoms with Crippen LogP contribution in [0, 0.1) is 0 Å². The van der Waals surface area contributed by atoms with Gasteiger partial charge in [-0.3, -0.25) is 14.5 Å². The van der Waals surface area contributed by atoms with Crippen molar-refractivity contribution in [3.63, 3.8) is 0 Å². The predicted molar refractivity (Wildman–Crippen MR) is 75.8 cm³/mol. The fourth-order valence-electron chi connectivity index (χ4n) is 1.99. The van der Waals surface area contributed by atoms with Crippen LogP contribution in [0.4, 0.5) is 0 Å². The Morgan fingerprint density at radius 1 is 1.16 bits per heavy atom. The van der Waals surface area contributed by atoms with Crippen LogP contribution in [0.5, 0.6) is 0 Å². The number of hydrogen-bond acceptors (Lipinski definition) is 3. The average Bonchev–Trinajstić information content (AvgIpc) is 2.36. The number of carbonyl (C=O) groups is 2. The van der Waals surface area contributed by atoms with Crippen molar-refractivity contribution in [1.29, 1.82) is 0 Å². The second-order valence-electron chi connectivity index (χ2n) is 5.17. The summed E-state index contributed by atoms with van der Waals surface area (Å²) in [7, 11) is 0. The van der Waals surface area contributed by atoms with E-state index in [0.29, 0.717) is 19.6 Å². The molecule has 0 bridgehead atoms. The fraction of sp³-hybridized carbons (Fsp3) is 0.714. The average molecular weight is 267 g/mol. The maximum atomic E-state index is 11.8. The fourth-order valence-corrected chi connectivity index (χ4v) is 1.99. The summed E-state index contributed by atoms with van der Waals surface area (Å²) < 4.78 is 0. The summed E-state index contributed by atoms with van der Waals surface area (Å²) in [5.74, 6) is 0.154. The van der Waals surface area contributed by atoms with Crippen LogP contribution in [0.1, 0.15) is 27.2 Å². The van der Waals surface area contributed by atoms with Gasteiger partial charge in [0.05, 0.1) is 6.54 Å². The highest BCUT2D eigenvalue weighted by Gasteiger charge is 2.20. The largest absolute Gasteiger partial charge is 0.355 e. The van der Waals surface area contributed by atoms with Crippen molar-refractivity contribution in [2.45, 2.75) is 27.2 Å². The van der Waals surface area contributed by atoms with Crippen LogP contribution in [-0.2, 0) is 9.59 Å². The van der Waals surface area contributed by atoms with Gasteiger partial charge in [0.25, 0.3) is 0 Å². The Morgan fingerprint density at radius 3 is 2.32 bits per heavy atom. The Balaban J connectivity index is 2.31. The Bertz CT molecular complexity index is 341. The molecular weight excluding hydrogens is 242 g/mol. The molecule has 1 N–H and O–H groups in total. The first-order valence-corrected chi connectivity index (χ1v) is 6.95. The van der Waals surface area contributed by atoms with E-state index in [0.717, 1.165) is 31.6 Å². The molecule has 5 heteroatoms. The molecule has 2 amide bonds. The summed E-state index contributed by atoms with van der Waals surface area (Å²) in [5, 5.41) is 2.87. The third-order valence-electron chi connectivity index (χ3n) is 3.04. The number of carbonyl (C=O) groups excluding carboxylic acids is 2. The lowest BCUT2D eigenvalue weighted by atomic mass is 10.2. The minimum atomic E-state index is 0.0749. The third kappa shape index (κ3) is 5.87. The van der Waals surface area contributed by atoms with Crippen molar-refractivity contribution in [1.82, 2.24) is 15.1 Å². The first-order valence-electron chi connectivity index (χ1n) is 6.95. The van der Waals surface area contributed by atoms with Gasteiger partial charge in [-0.25, -0.2) is 0 Å². The van der Waals surface area contributed by atoms with Gasteiger partial charge < -0.3 is 10.2 Å². The maximum absolute atomic E-state index is 11.8. The standard InChI is InChI=1S/C14H25N3O2/c1-4-5-15-13(18)11-16-6-8-17(9-7-16)14(19)10-12(2)3/h10H,4-9,11H2,1-3H3,(H,15,18). The first kappa shape index (κ1) is 15.7.